The summed E-state index contributed by atoms with van der Waals surface area (Å²) in [6, 6.07) is 10.4. The van der Waals surface area contributed by atoms with Crippen LogP contribution in [0.1, 0.15) is 17.9 Å². The summed E-state index contributed by atoms with van der Waals surface area (Å²) in [5.41, 5.74) is 1.28. The average molecular weight is 297 g/mol. The summed E-state index contributed by atoms with van der Waals surface area (Å²) < 4.78 is 5.71. The minimum Gasteiger partial charge on any atom is -0.493 e. The summed E-state index contributed by atoms with van der Waals surface area (Å²) >= 11 is 1.64. The molecule has 0 bridgehead atoms. The number of ether oxygens (including phenoxy) is 1. The predicted molar refractivity (Wildman–Crippen MR) is 85.2 cm³/mol. The highest BCUT2D eigenvalue weighted by molar-refractivity contribution is 7.16. The number of nitrogens with zero attached hydrogens (tertiary/aromatic N) is 2. The molecule has 1 unspecified atom stereocenters. The van der Waals surface area contributed by atoms with Crippen LogP contribution in [0.3, 0.4) is 0 Å². The van der Waals surface area contributed by atoms with E-state index in [2.05, 4.69) is 33.5 Å². The molecule has 3 heterocycles. The second kappa shape index (κ2) is 5.33. The molecular formula is C16H15N3OS. The topological polar surface area (TPSA) is 47.0 Å². The highest BCUT2D eigenvalue weighted by atomic mass is 32.1. The second-order valence-electron chi connectivity index (χ2n) is 5.11. The van der Waals surface area contributed by atoms with Gasteiger partial charge in [-0.25, -0.2) is 9.97 Å². The number of benzene rings is 1. The number of thiophene rings is 1. The van der Waals surface area contributed by atoms with Crippen LogP contribution in [0.25, 0.3) is 10.2 Å². The minimum absolute atomic E-state index is 0.457. The molecule has 0 saturated carbocycles. The lowest BCUT2D eigenvalue weighted by Gasteiger charge is -2.26. The van der Waals surface area contributed by atoms with Crippen LogP contribution in [0, 0.1) is 0 Å². The molecule has 106 valence electrons. The zero-order valence-corrected chi connectivity index (χ0v) is 12.3. The maximum Gasteiger partial charge on any atom is 0.138 e. The lowest BCUT2D eigenvalue weighted by atomic mass is 9.93. The van der Waals surface area contributed by atoms with Gasteiger partial charge < -0.3 is 10.1 Å². The summed E-state index contributed by atoms with van der Waals surface area (Å²) in [6.45, 7) is 1.64. The van der Waals surface area contributed by atoms with Gasteiger partial charge in [0.2, 0.25) is 0 Å². The van der Waals surface area contributed by atoms with Crippen LogP contribution in [0.15, 0.2) is 42.0 Å². The van der Waals surface area contributed by atoms with Crippen molar-refractivity contribution in [3.05, 3.63) is 47.6 Å². The zero-order chi connectivity index (χ0) is 14.1. The first-order chi connectivity index (χ1) is 10.4. The van der Waals surface area contributed by atoms with E-state index in [1.54, 1.807) is 17.7 Å². The van der Waals surface area contributed by atoms with Gasteiger partial charge in [-0.3, -0.25) is 0 Å². The van der Waals surface area contributed by atoms with Crippen LogP contribution >= 0.6 is 11.3 Å². The van der Waals surface area contributed by atoms with E-state index in [1.807, 2.05) is 17.5 Å². The molecule has 0 fully saturated rings. The van der Waals surface area contributed by atoms with E-state index in [9.17, 15) is 0 Å². The normalized spacial score (nSPS) is 17.2. The molecular weight excluding hydrogens is 282 g/mol. The van der Waals surface area contributed by atoms with E-state index < -0.39 is 0 Å². The summed E-state index contributed by atoms with van der Waals surface area (Å²) in [7, 11) is 0. The number of para-hydroxylation sites is 1. The van der Waals surface area contributed by atoms with Crippen LogP contribution in [0.5, 0.6) is 5.75 Å². The molecule has 0 spiro atoms. The van der Waals surface area contributed by atoms with E-state index in [0.717, 1.165) is 41.4 Å². The van der Waals surface area contributed by atoms with Gasteiger partial charge in [0.15, 0.2) is 0 Å². The number of nitrogens with one attached hydrogen (secondary N) is 1. The Balaban J connectivity index is 1.57. The van der Waals surface area contributed by atoms with Crippen molar-refractivity contribution in [1.82, 2.24) is 9.97 Å². The molecule has 3 aromatic rings. The molecule has 5 heteroatoms. The van der Waals surface area contributed by atoms with E-state index in [0.29, 0.717) is 5.92 Å². The van der Waals surface area contributed by atoms with Crippen molar-refractivity contribution < 1.29 is 4.74 Å². The van der Waals surface area contributed by atoms with Crippen molar-refractivity contribution in [2.24, 2.45) is 0 Å². The predicted octanol–water partition coefficient (Wildman–Crippen LogP) is 3.67. The Morgan fingerprint density at radius 1 is 1.24 bits per heavy atom. The first-order valence-electron chi connectivity index (χ1n) is 7.05. The van der Waals surface area contributed by atoms with Crippen molar-refractivity contribution >= 4 is 27.4 Å². The van der Waals surface area contributed by atoms with Gasteiger partial charge in [-0.15, -0.1) is 11.3 Å². The van der Waals surface area contributed by atoms with E-state index in [-0.39, 0.29) is 0 Å². The molecule has 1 atom stereocenters. The Labute approximate surface area is 126 Å². The molecule has 1 aliphatic rings. The van der Waals surface area contributed by atoms with Crippen LogP contribution in [-0.2, 0) is 0 Å². The highest BCUT2D eigenvalue weighted by Crippen LogP contribution is 2.33. The molecule has 0 amide bonds. The summed E-state index contributed by atoms with van der Waals surface area (Å²) in [6.07, 6.45) is 2.65. The van der Waals surface area contributed by atoms with Gasteiger partial charge in [-0.2, -0.15) is 0 Å². The molecule has 1 aliphatic heterocycles. The Hall–Kier alpha value is -2.14. The fourth-order valence-corrected chi connectivity index (χ4v) is 3.51. The van der Waals surface area contributed by atoms with Crippen molar-refractivity contribution in [2.75, 3.05) is 18.5 Å². The minimum atomic E-state index is 0.457. The molecule has 21 heavy (non-hydrogen) atoms. The molecule has 1 aromatic carbocycles. The summed E-state index contributed by atoms with van der Waals surface area (Å²) in [5, 5.41) is 6.63. The molecule has 4 rings (SSSR count). The molecule has 2 aromatic heterocycles. The zero-order valence-electron chi connectivity index (χ0n) is 11.5. The lowest BCUT2D eigenvalue weighted by Crippen LogP contribution is -2.21. The average Bonchev–Trinajstić information content (AvgIpc) is 3.02. The monoisotopic (exact) mass is 297 g/mol. The van der Waals surface area contributed by atoms with Crippen molar-refractivity contribution in [2.45, 2.75) is 12.3 Å². The molecule has 4 nitrogen and oxygen atoms in total. The van der Waals surface area contributed by atoms with Gasteiger partial charge in [-0.05, 0) is 29.5 Å². The van der Waals surface area contributed by atoms with E-state index in [1.165, 1.54) is 5.56 Å². The molecule has 0 radical (unpaired) electrons. The Morgan fingerprint density at radius 2 is 2.19 bits per heavy atom. The fourth-order valence-electron chi connectivity index (χ4n) is 2.78. The second-order valence-corrected chi connectivity index (χ2v) is 6.01. The Kier molecular flexibility index (Phi) is 3.20. The third kappa shape index (κ3) is 2.34. The Bertz CT molecular complexity index is 771. The fraction of sp³-hybridized carbons (Fsp3) is 0.250. The van der Waals surface area contributed by atoms with E-state index >= 15 is 0 Å². The highest BCUT2D eigenvalue weighted by Gasteiger charge is 2.21. The number of fused-ring (bicyclic) bond motifs is 2. The van der Waals surface area contributed by atoms with Gasteiger partial charge in [-0.1, -0.05) is 18.2 Å². The number of hydrogen-bond donors (Lipinski definition) is 1. The first-order valence-corrected chi connectivity index (χ1v) is 7.93. The molecule has 1 N–H and O–H groups in total. The van der Waals surface area contributed by atoms with Crippen LogP contribution in [0.4, 0.5) is 5.82 Å². The number of anilines is 1. The van der Waals surface area contributed by atoms with Crippen LogP contribution < -0.4 is 10.1 Å². The van der Waals surface area contributed by atoms with Crippen molar-refractivity contribution in [1.29, 1.82) is 0 Å². The van der Waals surface area contributed by atoms with Crippen LogP contribution in [0.2, 0.25) is 0 Å². The number of aromatic nitrogens is 2. The standard InChI is InChI=1S/C16H15N3OS/c1-2-4-14-12(3-1)11(5-7-20-14)9-17-15-13-6-8-21-16(13)19-10-18-15/h1-4,6,8,10-11H,5,7,9H2,(H,17,18,19). The summed E-state index contributed by atoms with van der Waals surface area (Å²) in [4.78, 5) is 9.68. The molecule has 0 aliphatic carbocycles. The summed E-state index contributed by atoms with van der Waals surface area (Å²) in [5.74, 6) is 2.39. The smallest absolute Gasteiger partial charge is 0.138 e. The van der Waals surface area contributed by atoms with E-state index in [4.69, 9.17) is 4.74 Å². The van der Waals surface area contributed by atoms with Gasteiger partial charge in [0.05, 0.1) is 12.0 Å². The van der Waals surface area contributed by atoms with Gasteiger partial charge in [0.1, 0.15) is 22.7 Å². The van der Waals surface area contributed by atoms with Gasteiger partial charge >= 0.3 is 0 Å². The SMILES string of the molecule is c1ccc2c(c1)OCCC2CNc1ncnc2sccc12. The third-order valence-corrected chi connectivity index (χ3v) is 4.68. The quantitative estimate of drug-likeness (QED) is 0.801. The number of rotatable bonds is 3. The largest absolute Gasteiger partial charge is 0.493 e. The van der Waals surface area contributed by atoms with Crippen LogP contribution in [-0.4, -0.2) is 23.1 Å². The van der Waals surface area contributed by atoms with Gasteiger partial charge in [0.25, 0.3) is 0 Å². The first kappa shape index (κ1) is 12.6. The van der Waals surface area contributed by atoms with Crippen molar-refractivity contribution in [3.8, 4) is 5.75 Å². The van der Waals surface area contributed by atoms with Gasteiger partial charge in [0, 0.05) is 12.5 Å². The number of hydrogen-bond acceptors (Lipinski definition) is 5. The molecule has 0 saturated heterocycles. The Morgan fingerprint density at radius 3 is 3.19 bits per heavy atom. The maximum atomic E-state index is 5.71. The third-order valence-electron chi connectivity index (χ3n) is 3.86. The van der Waals surface area contributed by atoms with Crippen molar-refractivity contribution in [3.63, 3.8) is 0 Å². The lowest BCUT2D eigenvalue weighted by molar-refractivity contribution is 0.270. The maximum absolute atomic E-state index is 5.71.